The smallest absolute Gasteiger partial charge is 0.343 e. The fraction of sp³-hybridized carbons (Fsp3) is 0.0870. The largest absolute Gasteiger partial charge is 0.454 e. The molecule has 3 aromatic carbocycles. The van der Waals surface area contributed by atoms with Gasteiger partial charge in [-0.1, -0.05) is 17.7 Å². The molecular weight excluding hydrogens is 430 g/mol. The van der Waals surface area contributed by atoms with Gasteiger partial charge in [-0.25, -0.2) is 10.2 Å². The number of hydrogen-bond acceptors (Lipinski definition) is 8. The van der Waals surface area contributed by atoms with Crippen LogP contribution in [0.2, 0.25) is 0 Å². The van der Waals surface area contributed by atoms with Gasteiger partial charge in [0.1, 0.15) is 5.75 Å². The first-order valence-corrected chi connectivity index (χ1v) is 9.71. The highest BCUT2D eigenvalue weighted by Gasteiger charge is 2.19. The van der Waals surface area contributed by atoms with Crippen LogP contribution in [-0.2, 0) is 0 Å². The number of hydrogen-bond donors (Lipinski definition) is 1. The van der Waals surface area contributed by atoms with Crippen LogP contribution in [-0.4, -0.2) is 29.8 Å². The predicted octanol–water partition coefficient (Wildman–Crippen LogP) is 3.62. The van der Waals surface area contributed by atoms with Crippen molar-refractivity contribution >= 4 is 23.8 Å². The van der Waals surface area contributed by atoms with Crippen molar-refractivity contribution in [2.75, 3.05) is 6.79 Å². The van der Waals surface area contributed by atoms with Crippen LogP contribution in [0.3, 0.4) is 0 Å². The highest BCUT2D eigenvalue weighted by molar-refractivity contribution is 5.96. The van der Waals surface area contributed by atoms with Crippen molar-refractivity contribution in [1.29, 1.82) is 0 Å². The van der Waals surface area contributed by atoms with Crippen LogP contribution in [0.25, 0.3) is 0 Å². The zero-order valence-electron chi connectivity index (χ0n) is 17.3. The first-order chi connectivity index (χ1) is 15.9. The standard InChI is InChI=1S/C23H17N3O7/c1-14-2-4-15(5-3-14)22(27)25-24-12-17-10-18(26(29)30)7-9-19(17)33-23(28)16-6-8-20-21(11-16)32-13-31-20/h2-12H,13H2,1H3,(H,25,27)/b24-12+. The molecular formula is C23H17N3O7. The second-order valence-electron chi connectivity index (χ2n) is 7.00. The lowest BCUT2D eigenvalue weighted by atomic mass is 10.1. The molecule has 1 aliphatic heterocycles. The Balaban J connectivity index is 1.53. The first-order valence-electron chi connectivity index (χ1n) is 9.71. The number of rotatable bonds is 6. The summed E-state index contributed by atoms with van der Waals surface area (Å²) in [6.45, 7) is 1.96. The molecule has 10 heteroatoms. The van der Waals surface area contributed by atoms with Gasteiger partial charge in [0.15, 0.2) is 11.5 Å². The quantitative estimate of drug-likeness (QED) is 0.201. The van der Waals surface area contributed by atoms with Crippen LogP contribution < -0.4 is 19.6 Å². The normalized spacial score (nSPS) is 11.9. The van der Waals surface area contributed by atoms with E-state index in [2.05, 4.69) is 10.5 Å². The van der Waals surface area contributed by atoms with Crippen molar-refractivity contribution in [1.82, 2.24) is 5.43 Å². The number of esters is 1. The lowest BCUT2D eigenvalue weighted by molar-refractivity contribution is -0.384. The molecule has 1 heterocycles. The van der Waals surface area contributed by atoms with Gasteiger partial charge in [-0.05, 0) is 43.3 Å². The highest BCUT2D eigenvalue weighted by atomic mass is 16.7. The summed E-state index contributed by atoms with van der Waals surface area (Å²) in [6, 6.07) is 15.1. The van der Waals surface area contributed by atoms with E-state index in [0.29, 0.717) is 17.1 Å². The number of aryl methyl sites for hydroxylation is 1. The number of nitrogens with one attached hydrogen (secondary N) is 1. The third-order valence-electron chi connectivity index (χ3n) is 4.70. The molecule has 3 aromatic rings. The fourth-order valence-electron chi connectivity index (χ4n) is 2.96. The molecule has 0 aromatic heterocycles. The molecule has 1 N–H and O–H groups in total. The predicted molar refractivity (Wildman–Crippen MR) is 117 cm³/mol. The average molecular weight is 447 g/mol. The van der Waals surface area contributed by atoms with Crippen molar-refractivity contribution in [2.45, 2.75) is 6.92 Å². The number of nitrogens with zero attached hydrogens (tertiary/aromatic N) is 2. The number of nitro groups is 1. The summed E-state index contributed by atoms with van der Waals surface area (Å²) in [5.74, 6) is -0.222. The molecule has 0 saturated carbocycles. The minimum absolute atomic E-state index is 0.0246. The molecule has 0 atom stereocenters. The van der Waals surface area contributed by atoms with Gasteiger partial charge >= 0.3 is 5.97 Å². The Bertz CT molecular complexity index is 1270. The van der Waals surface area contributed by atoms with Gasteiger partial charge in [0, 0.05) is 23.3 Å². The number of carbonyl (C=O) groups excluding carboxylic acids is 2. The van der Waals surface area contributed by atoms with Crippen LogP contribution in [0.15, 0.2) is 65.8 Å². The van der Waals surface area contributed by atoms with Gasteiger partial charge in [0.2, 0.25) is 6.79 Å². The maximum Gasteiger partial charge on any atom is 0.343 e. The second-order valence-corrected chi connectivity index (χ2v) is 7.00. The van der Waals surface area contributed by atoms with Gasteiger partial charge in [0.05, 0.1) is 16.7 Å². The molecule has 4 rings (SSSR count). The van der Waals surface area contributed by atoms with Crippen molar-refractivity contribution in [3.05, 3.63) is 93.0 Å². The second kappa shape index (κ2) is 9.18. The molecule has 0 radical (unpaired) electrons. The van der Waals surface area contributed by atoms with Crippen LogP contribution in [0.5, 0.6) is 17.2 Å². The van der Waals surface area contributed by atoms with Gasteiger partial charge in [-0.3, -0.25) is 14.9 Å². The van der Waals surface area contributed by atoms with E-state index in [1.807, 2.05) is 6.92 Å². The Morgan fingerprint density at radius 1 is 1.03 bits per heavy atom. The summed E-state index contributed by atoms with van der Waals surface area (Å²) in [7, 11) is 0. The third-order valence-corrected chi connectivity index (χ3v) is 4.70. The van der Waals surface area contributed by atoms with Crippen LogP contribution >= 0.6 is 0 Å². The van der Waals surface area contributed by atoms with E-state index in [1.54, 1.807) is 30.3 Å². The molecule has 0 aliphatic carbocycles. The maximum absolute atomic E-state index is 12.6. The molecule has 1 amide bonds. The molecule has 0 spiro atoms. The van der Waals surface area contributed by atoms with Gasteiger partial charge in [-0.2, -0.15) is 5.10 Å². The summed E-state index contributed by atoms with van der Waals surface area (Å²) in [5, 5.41) is 15.0. The zero-order chi connectivity index (χ0) is 23.4. The van der Waals surface area contributed by atoms with Crippen LogP contribution in [0.4, 0.5) is 5.69 Å². The van der Waals surface area contributed by atoms with Crippen molar-refractivity contribution in [3.8, 4) is 17.2 Å². The van der Waals surface area contributed by atoms with Crippen molar-refractivity contribution in [3.63, 3.8) is 0 Å². The van der Waals surface area contributed by atoms with Gasteiger partial charge in [-0.15, -0.1) is 0 Å². The molecule has 166 valence electrons. The Morgan fingerprint density at radius 2 is 1.76 bits per heavy atom. The van der Waals surface area contributed by atoms with Crippen molar-refractivity contribution < 1.29 is 28.7 Å². The number of carbonyl (C=O) groups is 2. The minimum Gasteiger partial charge on any atom is -0.454 e. The monoisotopic (exact) mass is 447 g/mol. The summed E-state index contributed by atoms with van der Waals surface area (Å²) < 4.78 is 15.9. The van der Waals surface area contributed by atoms with Gasteiger partial charge in [0.25, 0.3) is 11.6 Å². The summed E-state index contributed by atoms with van der Waals surface area (Å²) in [4.78, 5) is 35.4. The van der Waals surface area contributed by atoms with Crippen LogP contribution in [0.1, 0.15) is 31.8 Å². The molecule has 10 nitrogen and oxygen atoms in total. The fourth-order valence-corrected chi connectivity index (χ4v) is 2.96. The number of nitro benzene ring substituents is 1. The summed E-state index contributed by atoms with van der Waals surface area (Å²) >= 11 is 0. The summed E-state index contributed by atoms with van der Waals surface area (Å²) in [6.07, 6.45) is 1.17. The van der Waals surface area contributed by atoms with E-state index in [0.717, 1.165) is 5.56 Å². The van der Waals surface area contributed by atoms with E-state index in [9.17, 15) is 19.7 Å². The Morgan fingerprint density at radius 3 is 2.52 bits per heavy atom. The van der Waals surface area contributed by atoms with E-state index < -0.39 is 16.8 Å². The molecule has 0 bridgehead atoms. The van der Waals surface area contributed by atoms with Gasteiger partial charge < -0.3 is 14.2 Å². The van der Waals surface area contributed by atoms with Crippen LogP contribution in [0, 0.1) is 17.0 Å². The molecule has 1 aliphatic rings. The lowest BCUT2D eigenvalue weighted by Crippen LogP contribution is -2.17. The maximum atomic E-state index is 12.6. The van der Waals surface area contributed by atoms with E-state index in [4.69, 9.17) is 14.2 Å². The Hall–Kier alpha value is -4.73. The topological polar surface area (TPSA) is 129 Å². The molecule has 0 fully saturated rings. The Kier molecular flexibility index (Phi) is 5.98. The number of benzene rings is 3. The SMILES string of the molecule is Cc1ccc(C(=O)N/N=C/c2cc([N+](=O)[O-])ccc2OC(=O)c2ccc3c(c2)OCO3)cc1. The van der Waals surface area contributed by atoms with Crippen molar-refractivity contribution in [2.24, 2.45) is 5.10 Å². The third kappa shape index (κ3) is 4.96. The first kappa shape index (κ1) is 21.5. The van der Waals surface area contributed by atoms with E-state index in [1.165, 1.54) is 36.5 Å². The average Bonchev–Trinajstić information content (AvgIpc) is 3.28. The number of hydrazone groups is 1. The minimum atomic E-state index is -0.708. The highest BCUT2D eigenvalue weighted by Crippen LogP contribution is 2.33. The molecule has 0 unspecified atom stereocenters. The lowest BCUT2D eigenvalue weighted by Gasteiger charge is -2.08. The molecule has 33 heavy (non-hydrogen) atoms. The summed E-state index contributed by atoms with van der Waals surface area (Å²) in [5.41, 5.74) is 3.84. The number of fused-ring (bicyclic) bond motifs is 1. The molecule has 0 saturated heterocycles. The zero-order valence-corrected chi connectivity index (χ0v) is 17.3. The Labute approximate surface area is 187 Å². The number of ether oxygens (including phenoxy) is 3. The van der Waals surface area contributed by atoms with E-state index in [-0.39, 0.29) is 29.4 Å². The van der Waals surface area contributed by atoms with E-state index >= 15 is 0 Å². The number of non-ortho nitro benzene ring substituents is 1. The number of amides is 1.